The van der Waals surface area contributed by atoms with Crippen LogP contribution in [0.15, 0.2) is 52.0 Å². The number of benzene rings is 2. The van der Waals surface area contributed by atoms with Crippen molar-refractivity contribution in [2.24, 2.45) is 11.0 Å². The number of hydrogen-bond acceptors (Lipinski definition) is 4. The summed E-state index contributed by atoms with van der Waals surface area (Å²) in [5.74, 6) is 2.17. The minimum absolute atomic E-state index is 0.0468. The van der Waals surface area contributed by atoms with Crippen molar-refractivity contribution in [3.05, 3.63) is 58.1 Å². The van der Waals surface area contributed by atoms with Crippen molar-refractivity contribution in [2.75, 3.05) is 7.11 Å². The van der Waals surface area contributed by atoms with Gasteiger partial charge in [-0.1, -0.05) is 29.8 Å². The van der Waals surface area contributed by atoms with E-state index in [1.807, 2.05) is 18.2 Å². The van der Waals surface area contributed by atoms with Gasteiger partial charge in [0.2, 0.25) is 0 Å². The van der Waals surface area contributed by atoms with Gasteiger partial charge in [0.05, 0.1) is 18.9 Å². The minimum atomic E-state index is -0.0468. The summed E-state index contributed by atoms with van der Waals surface area (Å²) in [6, 6.07) is 14.6. The van der Waals surface area contributed by atoms with Gasteiger partial charge in [0, 0.05) is 22.4 Å². The Balaban J connectivity index is 1.72. The molecule has 0 N–H and O–H groups in total. The molecule has 0 saturated heterocycles. The van der Waals surface area contributed by atoms with E-state index in [4.69, 9.17) is 14.6 Å². The molecular formula is C20H21BrN2O2. The van der Waals surface area contributed by atoms with E-state index in [-0.39, 0.29) is 12.3 Å². The number of rotatable bonds is 3. The Morgan fingerprint density at radius 1 is 1.20 bits per heavy atom. The topological polar surface area (TPSA) is 34.1 Å². The molecule has 2 aromatic rings. The van der Waals surface area contributed by atoms with E-state index < -0.39 is 0 Å². The average Bonchev–Trinajstić information content (AvgIpc) is 3.06. The zero-order valence-corrected chi connectivity index (χ0v) is 16.2. The summed E-state index contributed by atoms with van der Waals surface area (Å²) >= 11 is 3.58. The summed E-state index contributed by atoms with van der Waals surface area (Å²) in [6.45, 7) is 4.35. The highest BCUT2D eigenvalue weighted by atomic mass is 79.9. The summed E-state index contributed by atoms with van der Waals surface area (Å²) in [7, 11) is 1.68. The van der Waals surface area contributed by atoms with Gasteiger partial charge in [-0.2, -0.15) is 5.10 Å². The van der Waals surface area contributed by atoms with E-state index in [2.05, 4.69) is 59.1 Å². The molecule has 130 valence electrons. The first-order valence-electron chi connectivity index (χ1n) is 8.53. The Hall–Kier alpha value is -2.01. The summed E-state index contributed by atoms with van der Waals surface area (Å²) in [6.07, 6.45) is 0.831. The highest BCUT2D eigenvalue weighted by Gasteiger charge is 2.41. The number of nitrogens with zero attached hydrogens (tertiary/aromatic N) is 2. The van der Waals surface area contributed by atoms with Gasteiger partial charge in [0.25, 0.3) is 0 Å². The smallest absolute Gasteiger partial charge is 0.190 e. The Bertz CT molecular complexity index is 817. The van der Waals surface area contributed by atoms with Gasteiger partial charge in [0.15, 0.2) is 6.23 Å². The van der Waals surface area contributed by atoms with Crippen molar-refractivity contribution in [3.8, 4) is 11.5 Å². The van der Waals surface area contributed by atoms with Gasteiger partial charge < -0.3 is 9.47 Å². The first-order valence-corrected chi connectivity index (χ1v) is 9.32. The number of fused-ring (bicyclic) bond motifs is 3. The SMILES string of the molecule is COc1ccc(C2=NN3[C@@H](C(C)C)Oc4ccc(Br)cc4[C@@H]3C2)cc1. The monoisotopic (exact) mass is 400 g/mol. The maximum Gasteiger partial charge on any atom is 0.190 e. The quantitative estimate of drug-likeness (QED) is 0.727. The standard InChI is InChI=1S/C20H21BrN2O2/c1-12(2)20-23-18(16-10-14(21)6-9-19(16)25-20)11-17(22-23)13-4-7-15(24-3)8-5-13/h4-10,12,18,20H,11H2,1-3H3/t18-,20+/m0/s1. The molecule has 0 fully saturated rings. The van der Waals surface area contributed by atoms with Crippen molar-refractivity contribution in [1.29, 1.82) is 0 Å². The lowest BCUT2D eigenvalue weighted by Gasteiger charge is -2.40. The van der Waals surface area contributed by atoms with Crippen molar-refractivity contribution >= 4 is 21.6 Å². The summed E-state index contributed by atoms with van der Waals surface area (Å²) in [4.78, 5) is 0. The molecule has 0 spiro atoms. The fourth-order valence-electron chi connectivity index (χ4n) is 3.48. The van der Waals surface area contributed by atoms with Crippen LogP contribution in [0.3, 0.4) is 0 Å². The first kappa shape index (κ1) is 16.5. The van der Waals surface area contributed by atoms with Crippen LogP contribution in [0.4, 0.5) is 0 Å². The van der Waals surface area contributed by atoms with Crippen molar-refractivity contribution in [3.63, 3.8) is 0 Å². The molecule has 2 heterocycles. The second kappa shape index (κ2) is 6.37. The van der Waals surface area contributed by atoms with Gasteiger partial charge in [-0.05, 0) is 48.0 Å². The van der Waals surface area contributed by atoms with Gasteiger partial charge in [-0.25, -0.2) is 5.01 Å². The molecule has 0 radical (unpaired) electrons. The second-order valence-corrected chi connectivity index (χ2v) is 7.73. The molecule has 2 aliphatic rings. The lowest BCUT2D eigenvalue weighted by Crippen LogP contribution is -2.43. The van der Waals surface area contributed by atoms with Crippen LogP contribution < -0.4 is 9.47 Å². The molecule has 0 unspecified atom stereocenters. The Labute approximate surface area is 156 Å². The molecule has 25 heavy (non-hydrogen) atoms. The molecule has 2 aromatic carbocycles. The zero-order valence-electron chi connectivity index (χ0n) is 14.6. The van der Waals surface area contributed by atoms with Gasteiger partial charge in [-0.15, -0.1) is 0 Å². The van der Waals surface area contributed by atoms with Crippen LogP contribution in [-0.2, 0) is 0 Å². The minimum Gasteiger partial charge on any atom is -0.497 e. The number of halogens is 1. The van der Waals surface area contributed by atoms with Crippen molar-refractivity contribution in [2.45, 2.75) is 32.5 Å². The van der Waals surface area contributed by atoms with Gasteiger partial charge in [0.1, 0.15) is 11.5 Å². The molecule has 2 atom stereocenters. The predicted octanol–water partition coefficient (Wildman–Crippen LogP) is 4.98. The first-order chi connectivity index (χ1) is 12.1. The van der Waals surface area contributed by atoms with Crippen LogP contribution in [0.2, 0.25) is 0 Å². The molecule has 0 aromatic heterocycles. The van der Waals surface area contributed by atoms with Crippen molar-refractivity contribution < 1.29 is 9.47 Å². The third kappa shape index (κ3) is 2.91. The molecule has 0 aliphatic carbocycles. The number of hydrogen-bond donors (Lipinski definition) is 0. The third-order valence-corrected chi connectivity index (χ3v) is 5.27. The highest BCUT2D eigenvalue weighted by Crippen LogP contribution is 2.45. The van der Waals surface area contributed by atoms with Crippen LogP contribution >= 0.6 is 15.9 Å². The number of methoxy groups -OCH3 is 1. The van der Waals surface area contributed by atoms with E-state index in [9.17, 15) is 0 Å². The Kier molecular flexibility index (Phi) is 4.20. The molecule has 0 amide bonds. The van der Waals surface area contributed by atoms with E-state index >= 15 is 0 Å². The fraction of sp³-hybridized carbons (Fsp3) is 0.350. The number of hydrazone groups is 1. The van der Waals surface area contributed by atoms with Crippen molar-refractivity contribution in [1.82, 2.24) is 5.01 Å². The van der Waals surface area contributed by atoms with E-state index in [0.29, 0.717) is 5.92 Å². The fourth-order valence-corrected chi connectivity index (χ4v) is 3.86. The van der Waals surface area contributed by atoms with Crippen LogP contribution in [-0.4, -0.2) is 24.1 Å². The van der Waals surface area contributed by atoms with E-state index in [1.54, 1.807) is 7.11 Å². The summed E-state index contributed by atoms with van der Waals surface area (Å²) in [5, 5.41) is 7.07. The maximum absolute atomic E-state index is 6.26. The molecular weight excluding hydrogens is 380 g/mol. The van der Waals surface area contributed by atoms with Crippen LogP contribution in [0.1, 0.15) is 37.4 Å². The second-order valence-electron chi connectivity index (χ2n) is 6.81. The molecule has 0 saturated carbocycles. The largest absolute Gasteiger partial charge is 0.497 e. The van der Waals surface area contributed by atoms with E-state index in [1.165, 1.54) is 5.56 Å². The zero-order chi connectivity index (χ0) is 17.6. The number of ether oxygens (including phenoxy) is 2. The van der Waals surface area contributed by atoms with Crippen LogP contribution in [0, 0.1) is 5.92 Å². The summed E-state index contributed by atoms with van der Waals surface area (Å²) in [5.41, 5.74) is 3.42. The summed E-state index contributed by atoms with van der Waals surface area (Å²) < 4.78 is 12.6. The van der Waals surface area contributed by atoms with Crippen LogP contribution in [0.5, 0.6) is 11.5 Å². The van der Waals surface area contributed by atoms with Gasteiger partial charge in [-0.3, -0.25) is 0 Å². The lowest BCUT2D eigenvalue weighted by atomic mass is 9.95. The van der Waals surface area contributed by atoms with E-state index in [0.717, 1.165) is 33.7 Å². The maximum atomic E-state index is 6.26. The Morgan fingerprint density at radius 3 is 2.64 bits per heavy atom. The molecule has 2 aliphatic heterocycles. The highest BCUT2D eigenvalue weighted by molar-refractivity contribution is 9.10. The average molecular weight is 401 g/mol. The Morgan fingerprint density at radius 2 is 1.96 bits per heavy atom. The molecule has 5 heteroatoms. The normalized spacial score (nSPS) is 21.5. The van der Waals surface area contributed by atoms with Gasteiger partial charge >= 0.3 is 0 Å². The third-order valence-electron chi connectivity index (χ3n) is 4.78. The lowest BCUT2D eigenvalue weighted by molar-refractivity contribution is -0.0461. The molecule has 4 nitrogen and oxygen atoms in total. The molecule has 4 rings (SSSR count). The molecule has 0 bridgehead atoms. The predicted molar refractivity (Wildman–Crippen MR) is 102 cm³/mol. The van der Waals surface area contributed by atoms with Crippen LogP contribution in [0.25, 0.3) is 0 Å².